The molecule has 0 radical (unpaired) electrons. The second-order valence-electron chi connectivity index (χ2n) is 14.3. The Morgan fingerprint density at radius 3 is 1.44 bits per heavy atom. The molecule has 12 heteroatoms. The third kappa shape index (κ3) is 35.9. The Morgan fingerprint density at radius 1 is 0.593 bits per heavy atom. The minimum atomic E-state index is -1.04. The Hall–Kier alpha value is -0.500. The first kappa shape index (κ1) is 53.5. The van der Waals surface area contributed by atoms with Crippen LogP contribution in [0.4, 0.5) is 0 Å². The predicted molar refractivity (Wildman–Crippen MR) is 246 cm³/mol. The van der Waals surface area contributed by atoms with E-state index in [0.717, 1.165) is 37.2 Å². The molecule has 0 heterocycles. The zero-order chi connectivity index (χ0) is 40.0. The monoisotopic (exact) mass is 860 g/mol. The van der Waals surface area contributed by atoms with Crippen molar-refractivity contribution in [2.45, 2.75) is 212 Å². The first-order chi connectivity index (χ1) is 26.2. The maximum Gasteiger partial charge on any atom is 0.308 e. The third-order valence-electron chi connectivity index (χ3n) is 9.04. The molecule has 0 bridgehead atoms. The summed E-state index contributed by atoms with van der Waals surface area (Å²) in [5.74, 6) is 1.91. The first-order valence-corrected chi connectivity index (χ1v) is 25.6. The van der Waals surface area contributed by atoms with Crippen LogP contribution in [-0.2, 0) is 19.1 Å². The lowest BCUT2D eigenvalue weighted by Gasteiger charge is -2.22. The Kier molecular flexibility index (Phi) is 39.0. The number of esters is 2. The van der Waals surface area contributed by atoms with E-state index in [-0.39, 0.29) is 32.1 Å². The third-order valence-corrected chi connectivity index (χ3v) is 14.8. The smallest absolute Gasteiger partial charge is 0.308 e. The molecule has 54 heavy (non-hydrogen) atoms. The molecule has 0 aliphatic carbocycles. The average Bonchev–Trinajstić information content (AvgIpc) is 3.15. The van der Waals surface area contributed by atoms with E-state index in [1.54, 1.807) is 42.2 Å². The minimum Gasteiger partial charge on any atom is -0.425 e. The molecule has 0 N–H and O–H groups in total. The molecular formula is C42H72N2O4S6. The van der Waals surface area contributed by atoms with Gasteiger partial charge in [0.25, 0.3) is 0 Å². The predicted octanol–water partition coefficient (Wildman–Crippen LogP) is 14.7. The van der Waals surface area contributed by atoms with Gasteiger partial charge in [-0.3, -0.25) is 9.59 Å². The summed E-state index contributed by atoms with van der Waals surface area (Å²) < 4.78 is 11.9. The van der Waals surface area contributed by atoms with Crippen LogP contribution in [0.2, 0.25) is 0 Å². The van der Waals surface area contributed by atoms with E-state index in [4.69, 9.17) is 39.2 Å². The molecule has 0 aromatic carbocycles. The number of unbranched alkanes of at least 4 members (excludes halogenated alkanes) is 20. The molecule has 0 aliphatic heterocycles. The van der Waals surface area contributed by atoms with Crippen molar-refractivity contribution in [3.05, 3.63) is 0 Å². The molecule has 0 fully saturated rings. The summed E-state index contributed by atoms with van der Waals surface area (Å²) in [6, 6.07) is 4.40. The van der Waals surface area contributed by atoms with Gasteiger partial charge < -0.3 is 9.47 Å². The molecule has 0 spiro atoms. The fourth-order valence-corrected chi connectivity index (χ4v) is 11.0. The molecule has 0 aliphatic rings. The summed E-state index contributed by atoms with van der Waals surface area (Å²) in [6.45, 7) is 6.30. The topological polar surface area (TPSA) is 100 Å². The van der Waals surface area contributed by atoms with E-state index < -0.39 is 23.0 Å². The van der Waals surface area contributed by atoms with Crippen LogP contribution in [0, 0.1) is 22.7 Å². The molecule has 310 valence electrons. The minimum absolute atomic E-state index is 0.00340. The lowest BCUT2D eigenvalue weighted by Crippen LogP contribution is -2.26. The van der Waals surface area contributed by atoms with Crippen LogP contribution in [0.15, 0.2) is 0 Å². The number of hydrogen-bond acceptors (Lipinski definition) is 12. The first-order valence-electron chi connectivity index (χ1n) is 21.0. The van der Waals surface area contributed by atoms with Crippen LogP contribution in [0.25, 0.3) is 0 Å². The van der Waals surface area contributed by atoms with Crippen LogP contribution < -0.4 is 0 Å². The van der Waals surface area contributed by atoms with Crippen molar-refractivity contribution in [2.24, 2.45) is 0 Å². The number of carbonyl (C=O) groups is 2. The summed E-state index contributed by atoms with van der Waals surface area (Å²) in [4.78, 5) is 25.4. The maximum absolute atomic E-state index is 12.8. The highest BCUT2D eigenvalue weighted by Crippen LogP contribution is 2.35. The number of hydrogen-bond donors (Lipinski definition) is 0. The second-order valence-corrected chi connectivity index (χ2v) is 21.5. The fraction of sp³-hybridized carbons (Fsp3) is 0.857. The lowest BCUT2D eigenvalue weighted by molar-refractivity contribution is -0.189. The summed E-state index contributed by atoms with van der Waals surface area (Å²) in [5, 5.41) is 18.9. The summed E-state index contributed by atoms with van der Waals surface area (Å²) in [6.07, 6.45) is 28.1. The number of ether oxygens (including phenoxy) is 2. The zero-order valence-electron chi connectivity index (χ0n) is 34.0. The molecule has 6 nitrogen and oxygen atoms in total. The van der Waals surface area contributed by atoms with Crippen LogP contribution in [0.1, 0.15) is 201 Å². The molecule has 0 saturated heterocycles. The quantitative estimate of drug-likeness (QED) is 0.0259. The Morgan fingerprint density at radius 2 is 1.00 bits per heavy atom. The highest BCUT2D eigenvalue weighted by Gasteiger charge is 2.29. The van der Waals surface area contributed by atoms with Gasteiger partial charge in [0.1, 0.15) is 11.8 Å². The van der Waals surface area contributed by atoms with Crippen LogP contribution in [0.3, 0.4) is 0 Å². The molecule has 0 rings (SSSR count). The second kappa shape index (κ2) is 39.3. The zero-order valence-corrected chi connectivity index (χ0v) is 38.9. The van der Waals surface area contributed by atoms with E-state index in [1.807, 2.05) is 0 Å². The van der Waals surface area contributed by atoms with Gasteiger partial charge in [-0.2, -0.15) is 10.5 Å². The number of carbonyl (C=O) groups excluding carboxylic acids is 2. The van der Waals surface area contributed by atoms with Gasteiger partial charge >= 0.3 is 11.9 Å². The molecule has 0 amide bonds. The van der Waals surface area contributed by atoms with Crippen molar-refractivity contribution in [1.29, 1.82) is 10.5 Å². The van der Waals surface area contributed by atoms with Crippen molar-refractivity contribution in [3.63, 3.8) is 0 Å². The molecule has 2 atom stereocenters. The van der Waals surface area contributed by atoms with Crippen LogP contribution >= 0.6 is 71.5 Å². The van der Waals surface area contributed by atoms with E-state index in [1.165, 1.54) is 134 Å². The van der Waals surface area contributed by atoms with Crippen LogP contribution in [-0.4, -0.2) is 47.3 Å². The molecule has 0 aromatic heterocycles. The van der Waals surface area contributed by atoms with Crippen molar-refractivity contribution in [2.75, 3.05) is 17.3 Å². The molecule has 0 saturated carbocycles. The normalized spacial score (nSPS) is 12.7. The molecule has 2 unspecified atom stereocenters. The van der Waals surface area contributed by atoms with Crippen molar-refractivity contribution in [1.82, 2.24) is 0 Å². The number of thioether (sulfide) groups is 4. The molecular weight excluding hydrogens is 789 g/mol. The number of thiocarbonyl (C=S) groups is 2. The number of rotatable bonds is 36. The Labute approximate surface area is 358 Å². The largest absolute Gasteiger partial charge is 0.425 e. The average molecular weight is 861 g/mol. The van der Waals surface area contributed by atoms with Gasteiger partial charge in [-0.1, -0.05) is 166 Å². The molecule has 0 aromatic rings. The van der Waals surface area contributed by atoms with E-state index in [2.05, 4.69) is 26.0 Å². The lowest BCUT2D eigenvalue weighted by atomic mass is 10.1. The van der Waals surface area contributed by atoms with Gasteiger partial charge in [-0.25, -0.2) is 0 Å². The van der Waals surface area contributed by atoms with Gasteiger partial charge in [0, 0.05) is 25.7 Å². The van der Waals surface area contributed by atoms with Crippen molar-refractivity contribution >= 4 is 90.5 Å². The van der Waals surface area contributed by atoms with E-state index >= 15 is 0 Å². The summed E-state index contributed by atoms with van der Waals surface area (Å²) in [5.41, 5.74) is 0. The fourth-order valence-electron chi connectivity index (χ4n) is 5.64. The van der Waals surface area contributed by atoms with Crippen molar-refractivity contribution in [3.8, 4) is 12.1 Å². The standard InChI is InChI=1S/C42H72N2O4S6/c1-4-6-8-10-12-14-16-18-20-25-33-51-40(49)52-35-27-23-28-37(45)47-39(29-22-24-32-43)48-38(46)30-31-42(3,36-44)54-41(50)53-34-26-21-19-17-15-13-11-9-7-5-2/h39H,4-31,33-35H2,1-3H3. The van der Waals surface area contributed by atoms with Gasteiger partial charge in [-0.15, -0.1) is 35.3 Å². The van der Waals surface area contributed by atoms with Crippen LogP contribution in [0.5, 0.6) is 0 Å². The van der Waals surface area contributed by atoms with Gasteiger partial charge in [0.15, 0.2) is 0 Å². The van der Waals surface area contributed by atoms with E-state index in [9.17, 15) is 14.9 Å². The Bertz CT molecular complexity index is 1070. The summed E-state index contributed by atoms with van der Waals surface area (Å²) >= 11 is 17.5. The van der Waals surface area contributed by atoms with E-state index in [0.29, 0.717) is 12.8 Å². The summed E-state index contributed by atoms with van der Waals surface area (Å²) in [7, 11) is 0. The number of nitrogens with zero attached hydrogens (tertiary/aromatic N) is 2. The highest BCUT2D eigenvalue weighted by molar-refractivity contribution is 8.47. The van der Waals surface area contributed by atoms with Gasteiger partial charge in [0.05, 0.1) is 12.1 Å². The maximum atomic E-state index is 12.8. The van der Waals surface area contributed by atoms with Gasteiger partial charge in [0.2, 0.25) is 6.29 Å². The SMILES string of the molecule is CCCCCCCCCCCCSC(=S)SCCCCC(=O)OC(CCCC#N)OC(=O)CCC(C)(C#N)SC(=S)SCCCCCCCCCCCC. The number of nitriles is 2. The van der Waals surface area contributed by atoms with Crippen molar-refractivity contribution < 1.29 is 19.1 Å². The Balaban J connectivity index is 4.27. The van der Waals surface area contributed by atoms with Gasteiger partial charge in [-0.05, 0) is 62.7 Å². The highest BCUT2D eigenvalue weighted by atomic mass is 32.2.